The third-order valence-corrected chi connectivity index (χ3v) is 6.49. The van der Waals surface area contributed by atoms with E-state index < -0.39 is 0 Å². The van der Waals surface area contributed by atoms with Crippen LogP contribution in [0.15, 0.2) is 91.0 Å². The van der Waals surface area contributed by atoms with Crippen LogP contribution in [0.5, 0.6) is 0 Å². The Morgan fingerprint density at radius 1 is 0.853 bits per heavy atom. The summed E-state index contributed by atoms with van der Waals surface area (Å²) in [5.74, 6) is 0.0203. The van der Waals surface area contributed by atoms with Crippen LogP contribution in [0.4, 0.5) is 5.69 Å². The van der Waals surface area contributed by atoms with Crippen molar-refractivity contribution in [1.29, 1.82) is 0 Å². The van der Waals surface area contributed by atoms with Crippen LogP contribution in [-0.4, -0.2) is 53.4 Å². The average molecular weight is 451 g/mol. The summed E-state index contributed by atoms with van der Waals surface area (Å²) in [4.78, 5) is 22.2. The van der Waals surface area contributed by atoms with E-state index in [0.717, 1.165) is 48.5 Å². The highest BCUT2D eigenvalue weighted by molar-refractivity contribution is 6.01. The number of aromatic nitrogens is 1. The lowest BCUT2D eigenvalue weighted by Gasteiger charge is -2.39. The highest BCUT2D eigenvalue weighted by Gasteiger charge is 2.27. The van der Waals surface area contributed by atoms with Crippen molar-refractivity contribution in [2.75, 3.05) is 38.0 Å². The normalized spacial score (nSPS) is 15.0. The Bertz CT molecular complexity index is 1210. The number of hydrogen-bond donors (Lipinski definition) is 1. The van der Waals surface area contributed by atoms with Crippen LogP contribution in [0.2, 0.25) is 0 Å². The maximum absolute atomic E-state index is 12.9. The molecule has 5 heteroatoms. The molecule has 1 saturated heterocycles. The minimum atomic E-state index is 0.0203. The standard InChI is InChI=1S/C29H30N4O/c1-22-20-27(25-14-8-9-15-26(25)30-22)31-28(34)21-32-16-18-33(19-17-32)29(23-10-4-2-5-11-23)24-12-6-3-7-13-24/h2-15,20,29H,16-19,21H2,1H3,(H,30,31,34). The van der Waals surface area contributed by atoms with Crippen LogP contribution >= 0.6 is 0 Å². The number of para-hydroxylation sites is 1. The lowest BCUT2D eigenvalue weighted by atomic mass is 9.96. The van der Waals surface area contributed by atoms with Crippen LogP contribution in [0.1, 0.15) is 22.9 Å². The molecule has 1 N–H and O–H groups in total. The number of nitrogens with one attached hydrogen (secondary N) is 1. The van der Waals surface area contributed by atoms with Crippen LogP contribution in [0.25, 0.3) is 10.9 Å². The van der Waals surface area contributed by atoms with Gasteiger partial charge in [0.1, 0.15) is 0 Å². The molecule has 5 nitrogen and oxygen atoms in total. The molecule has 1 aliphatic rings. The Kier molecular flexibility index (Phi) is 6.65. The number of pyridine rings is 1. The Hall–Kier alpha value is -3.54. The van der Waals surface area contributed by atoms with Gasteiger partial charge in [-0.05, 0) is 30.2 Å². The van der Waals surface area contributed by atoms with Gasteiger partial charge in [0.2, 0.25) is 5.91 Å². The van der Waals surface area contributed by atoms with Gasteiger partial charge in [0.05, 0.1) is 23.8 Å². The first-order chi connectivity index (χ1) is 16.7. The Labute approximate surface area is 201 Å². The molecule has 0 spiro atoms. The summed E-state index contributed by atoms with van der Waals surface area (Å²) < 4.78 is 0. The molecule has 0 atom stereocenters. The smallest absolute Gasteiger partial charge is 0.238 e. The zero-order chi connectivity index (χ0) is 23.3. The molecule has 172 valence electrons. The van der Waals surface area contributed by atoms with E-state index in [1.54, 1.807) is 0 Å². The molecule has 1 fully saturated rings. The third kappa shape index (κ3) is 5.01. The highest BCUT2D eigenvalue weighted by Crippen LogP contribution is 2.29. The average Bonchev–Trinajstić information content (AvgIpc) is 2.86. The van der Waals surface area contributed by atoms with Gasteiger partial charge < -0.3 is 5.32 Å². The van der Waals surface area contributed by atoms with Gasteiger partial charge in [0.25, 0.3) is 0 Å². The molecule has 1 amide bonds. The van der Waals surface area contributed by atoms with Gasteiger partial charge in [-0.25, -0.2) is 0 Å². The van der Waals surface area contributed by atoms with Crippen molar-refractivity contribution < 1.29 is 4.79 Å². The molecule has 0 saturated carbocycles. The maximum atomic E-state index is 12.9. The van der Waals surface area contributed by atoms with Gasteiger partial charge in [0.15, 0.2) is 0 Å². The minimum Gasteiger partial charge on any atom is -0.324 e. The Balaban J connectivity index is 1.24. The number of anilines is 1. The molecule has 0 bridgehead atoms. The second-order valence-corrected chi connectivity index (χ2v) is 8.91. The third-order valence-electron chi connectivity index (χ3n) is 6.49. The zero-order valence-corrected chi connectivity index (χ0v) is 19.5. The quantitative estimate of drug-likeness (QED) is 0.454. The number of rotatable bonds is 6. The second kappa shape index (κ2) is 10.2. The number of amides is 1. The number of aryl methyl sites for hydroxylation is 1. The SMILES string of the molecule is Cc1cc(NC(=O)CN2CCN(C(c3ccccc3)c3ccccc3)CC2)c2ccccc2n1. The number of carbonyl (C=O) groups excluding carboxylic acids is 1. The summed E-state index contributed by atoms with van der Waals surface area (Å²) in [7, 11) is 0. The summed E-state index contributed by atoms with van der Waals surface area (Å²) in [5.41, 5.74) is 5.24. The number of benzene rings is 3. The molecule has 0 radical (unpaired) electrons. The number of nitrogens with zero attached hydrogens (tertiary/aromatic N) is 3. The molecular formula is C29H30N4O. The van der Waals surface area contributed by atoms with E-state index in [-0.39, 0.29) is 11.9 Å². The van der Waals surface area contributed by atoms with Gasteiger partial charge >= 0.3 is 0 Å². The summed E-state index contributed by atoms with van der Waals surface area (Å²) in [5, 5.41) is 4.10. The predicted octanol–water partition coefficient (Wildman–Crippen LogP) is 4.89. The Morgan fingerprint density at radius 2 is 1.44 bits per heavy atom. The topological polar surface area (TPSA) is 48.5 Å². The lowest BCUT2D eigenvalue weighted by Crippen LogP contribution is -2.49. The molecule has 0 aliphatic carbocycles. The molecule has 3 aromatic carbocycles. The molecule has 34 heavy (non-hydrogen) atoms. The molecule has 4 aromatic rings. The summed E-state index contributed by atoms with van der Waals surface area (Å²) in [6.45, 7) is 5.90. The van der Waals surface area contributed by atoms with E-state index in [0.29, 0.717) is 6.54 Å². The van der Waals surface area contributed by atoms with E-state index in [4.69, 9.17) is 0 Å². The molecule has 5 rings (SSSR count). The first-order valence-corrected chi connectivity index (χ1v) is 11.9. The monoisotopic (exact) mass is 450 g/mol. The van der Waals surface area contributed by atoms with Crippen molar-refractivity contribution in [2.24, 2.45) is 0 Å². The van der Waals surface area contributed by atoms with E-state index in [1.165, 1.54) is 11.1 Å². The summed E-state index contributed by atoms with van der Waals surface area (Å²) >= 11 is 0. The van der Waals surface area contributed by atoms with Gasteiger partial charge in [-0.3, -0.25) is 19.6 Å². The summed E-state index contributed by atoms with van der Waals surface area (Å²) in [6, 6.07) is 31.5. The lowest BCUT2D eigenvalue weighted by molar-refractivity contribution is -0.117. The van der Waals surface area contributed by atoms with Crippen molar-refractivity contribution >= 4 is 22.5 Å². The van der Waals surface area contributed by atoms with Crippen molar-refractivity contribution in [3.63, 3.8) is 0 Å². The number of piperazine rings is 1. The number of hydrogen-bond acceptors (Lipinski definition) is 4. The molecule has 0 unspecified atom stereocenters. The first kappa shape index (κ1) is 22.3. The zero-order valence-electron chi connectivity index (χ0n) is 19.5. The molecular weight excluding hydrogens is 420 g/mol. The first-order valence-electron chi connectivity index (χ1n) is 11.9. The molecule has 2 heterocycles. The fourth-order valence-corrected chi connectivity index (χ4v) is 4.87. The fourth-order valence-electron chi connectivity index (χ4n) is 4.87. The van der Waals surface area contributed by atoms with E-state index in [1.807, 2.05) is 37.3 Å². The molecule has 1 aromatic heterocycles. The highest BCUT2D eigenvalue weighted by atomic mass is 16.2. The van der Waals surface area contributed by atoms with Gasteiger partial charge in [-0.1, -0.05) is 78.9 Å². The van der Waals surface area contributed by atoms with Crippen LogP contribution in [0, 0.1) is 6.92 Å². The molecule has 1 aliphatic heterocycles. The fraction of sp³-hybridized carbons (Fsp3) is 0.241. The van der Waals surface area contributed by atoms with Crippen LogP contribution in [-0.2, 0) is 4.79 Å². The minimum absolute atomic E-state index is 0.0203. The van der Waals surface area contributed by atoms with Crippen molar-refractivity contribution in [3.05, 3.63) is 108 Å². The van der Waals surface area contributed by atoms with Crippen molar-refractivity contribution in [3.8, 4) is 0 Å². The largest absolute Gasteiger partial charge is 0.324 e. The van der Waals surface area contributed by atoms with Crippen molar-refractivity contribution in [2.45, 2.75) is 13.0 Å². The van der Waals surface area contributed by atoms with Gasteiger partial charge in [0, 0.05) is 37.3 Å². The van der Waals surface area contributed by atoms with Gasteiger partial charge in [-0.15, -0.1) is 0 Å². The summed E-state index contributed by atoms with van der Waals surface area (Å²) in [6.07, 6.45) is 0. The van der Waals surface area contributed by atoms with E-state index in [9.17, 15) is 4.79 Å². The second-order valence-electron chi connectivity index (χ2n) is 8.91. The van der Waals surface area contributed by atoms with Crippen LogP contribution in [0.3, 0.4) is 0 Å². The van der Waals surface area contributed by atoms with Crippen LogP contribution < -0.4 is 5.32 Å². The predicted molar refractivity (Wildman–Crippen MR) is 138 cm³/mol. The van der Waals surface area contributed by atoms with Crippen molar-refractivity contribution in [1.82, 2.24) is 14.8 Å². The number of carbonyl (C=O) groups is 1. The Morgan fingerprint density at radius 3 is 2.09 bits per heavy atom. The maximum Gasteiger partial charge on any atom is 0.238 e. The number of fused-ring (bicyclic) bond motifs is 1. The van der Waals surface area contributed by atoms with E-state index >= 15 is 0 Å². The van der Waals surface area contributed by atoms with Gasteiger partial charge in [-0.2, -0.15) is 0 Å². The van der Waals surface area contributed by atoms with E-state index in [2.05, 4.69) is 80.8 Å².